The fraction of sp³-hybridized carbons (Fsp3) is 0.773. The molecule has 1 aromatic rings. The Labute approximate surface area is 198 Å². The first-order valence-electron chi connectivity index (χ1n) is 11.0. The molecule has 3 rings (SSSR count). The lowest BCUT2D eigenvalue weighted by molar-refractivity contribution is 0.155. The van der Waals surface area contributed by atoms with Gasteiger partial charge in [-0.05, 0) is 43.6 Å². The largest absolute Gasteiger partial charge is 0.385 e. The van der Waals surface area contributed by atoms with Crippen LogP contribution >= 0.6 is 35.3 Å². The lowest BCUT2D eigenvalue weighted by atomic mass is 9.73. The van der Waals surface area contributed by atoms with Gasteiger partial charge in [-0.25, -0.2) is 0 Å². The smallest absolute Gasteiger partial charge is 0.191 e. The van der Waals surface area contributed by atoms with Crippen LogP contribution < -0.4 is 10.6 Å². The third-order valence-corrected chi connectivity index (χ3v) is 7.54. The van der Waals surface area contributed by atoms with Gasteiger partial charge in [-0.3, -0.25) is 4.99 Å². The predicted octanol–water partition coefficient (Wildman–Crippen LogP) is 4.23. The molecule has 0 aromatic carbocycles. The second-order valence-corrected chi connectivity index (χ2v) is 9.30. The number of aliphatic imine (C=N–C) groups is 1. The minimum atomic E-state index is 0. The Balaban J connectivity index is 0.00000300. The first-order chi connectivity index (χ1) is 13.8. The van der Waals surface area contributed by atoms with Crippen molar-refractivity contribution < 1.29 is 4.74 Å². The molecule has 2 aliphatic rings. The van der Waals surface area contributed by atoms with Crippen LogP contribution in [0.5, 0.6) is 0 Å². The zero-order chi connectivity index (χ0) is 19.7. The number of likely N-dealkylation sites (tertiary alicyclic amines) is 1. The number of halogens is 1. The molecule has 1 aliphatic heterocycles. The van der Waals surface area contributed by atoms with Crippen LogP contribution in [-0.2, 0) is 10.2 Å². The number of rotatable bonds is 8. The third kappa shape index (κ3) is 7.36. The summed E-state index contributed by atoms with van der Waals surface area (Å²) in [4.78, 5) is 8.62. The summed E-state index contributed by atoms with van der Waals surface area (Å²) in [5.74, 6) is 0.972. The van der Waals surface area contributed by atoms with E-state index in [0.29, 0.717) is 6.04 Å². The Morgan fingerprint density at radius 3 is 2.66 bits per heavy atom. The van der Waals surface area contributed by atoms with Gasteiger partial charge in [0, 0.05) is 63.3 Å². The van der Waals surface area contributed by atoms with Crippen molar-refractivity contribution in [3.8, 4) is 0 Å². The highest BCUT2D eigenvalue weighted by atomic mass is 127. The Morgan fingerprint density at radius 1 is 1.28 bits per heavy atom. The number of nitrogens with one attached hydrogen (secondary N) is 2. The van der Waals surface area contributed by atoms with E-state index < -0.39 is 0 Å². The molecule has 0 amide bonds. The van der Waals surface area contributed by atoms with Crippen LogP contribution in [0, 0.1) is 0 Å². The number of thiophene rings is 1. The van der Waals surface area contributed by atoms with Gasteiger partial charge in [0.15, 0.2) is 5.96 Å². The fourth-order valence-corrected chi connectivity index (χ4v) is 5.68. The Hall–Kier alpha value is -0.380. The molecule has 0 bridgehead atoms. The van der Waals surface area contributed by atoms with E-state index in [4.69, 9.17) is 4.74 Å². The summed E-state index contributed by atoms with van der Waals surface area (Å²) in [7, 11) is 3.68. The molecule has 0 spiro atoms. The van der Waals surface area contributed by atoms with Crippen molar-refractivity contribution in [1.82, 2.24) is 15.5 Å². The van der Waals surface area contributed by atoms with Crippen LogP contribution in [0.3, 0.4) is 0 Å². The van der Waals surface area contributed by atoms with E-state index in [9.17, 15) is 0 Å². The SMILES string of the molecule is CN=C(NCC1(c2cccs2)CCCCC1)NC1CCN(CCCOC)CC1.I. The van der Waals surface area contributed by atoms with E-state index in [1.807, 2.05) is 18.4 Å². The number of hydrogen-bond donors (Lipinski definition) is 2. The summed E-state index contributed by atoms with van der Waals surface area (Å²) in [6.07, 6.45) is 10.1. The van der Waals surface area contributed by atoms with Crippen molar-refractivity contribution in [3.05, 3.63) is 22.4 Å². The summed E-state index contributed by atoms with van der Waals surface area (Å²) in [6.45, 7) is 5.33. The minimum absolute atomic E-state index is 0. The topological polar surface area (TPSA) is 48.9 Å². The Bertz CT molecular complexity index is 582. The number of methoxy groups -OCH3 is 1. The van der Waals surface area contributed by atoms with Gasteiger partial charge in [-0.2, -0.15) is 0 Å². The molecule has 166 valence electrons. The lowest BCUT2D eigenvalue weighted by Crippen LogP contribution is -2.51. The van der Waals surface area contributed by atoms with E-state index in [1.165, 1.54) is 44.9 Å². The highest BCUT2D eigenvalue weighted by Gasteiger charge is 2.35. The van der Waals surface area contributed by atoms with Crippen LogP contribution in [0.2, 0.25) is 0 Å². The van der Waals surface area contributed by atoms with E-state index in [1.54, 1.807) is 12.0 Å². The molecule has 2 heterocycles. The molecule has 1 saturated carbocycles. The molecule has 2 fully saturated rings. The van der Waals surface area contributed by atoms with E-state index >= 15 is 0 Å². The Kier molecular flexibility index (Phi) is 11.3. The second-order valence-electron chi connectivity index (χ2n) is 8.35. The average Bonchev–Trinajstić information content (AvgIpc) is 3.29. The van der Waals surface area contributed by atoms with Gasteiger partial charge in [0.2, 0.25) is 0 Å². The maximum absolute atomic E-state index is 5.17. The fourth-order valence-electron chi connectivity index (χ4n) is 4.69. The molecule has 1 aromatic heterocycles. The van der Waals surface area contributed by atoms with Gasteiger partial charge in [0.25, 0.3) is 0 Å². The summed E-state index contributed by atoms with van der Waals surface area (Å²) >= 11 is 1.92. The first kappa shape index (κ1) is 24.9. The van der Waals surface area contributed by atoms with E-state index in [-0.39, 0.29) is 29.4 Å². The van der Waals surface area contributed by atoms with Crippen LogP contribution in [0.25, 0.3) is 0 Å². The zero-order valence-electron chi connectivity index (χ0n) is 18.1. The molecule has 1 saturated heterocycles. The van der Waals surface area contributed by atoms with Crippen molar-refractivity contribution in [2.75, 3.05) is 46.9 Å². The first-order valence-corrected chi connectivity index (χ1v) is 11.9. The highest BCUT2D eigenvalue weighted by molar-refractivity contribution is 14.0. The zero-order valence-corrected chi connectivity index (χ0v) is 21.3. The lowest BCUT2D eigenvalue weighted by Gasteiger charge is -2.38. The second kappa shape index (κ2) is 13.1. The molecular weight excluding hydrogens is 495 g/mol. The van der Waals surface area contributed by atoms with Crippen molar-refractivity contribution in [2.45, 2.75) is 62.8 Å². The number of nitrogens with zero attached hydrogens (tertiary/aromatic N) is 2. The molecule has 0 atom stereocenters. The van der Waals surface area contributed by atoms with Crippen molar-refractivity contribution in [1.29, 1.82) is 0 Å². The quantitative estimate of drug-likeness (QED) is 0.227. The van der Waals surface area contributed by atoms with Gasteiger partial charge < -0.3 is 20.3 Å². The van der Waals surface area contributed by atoms with Crippen molar-refractivity contribution >= 4 is 41.3 Å². The monoisotopic (exact) mass is 534 g/mol. The number of ether oxygens (including phenoxy) is 1. The molecule has 29 heavy (non-hydrogen) atoms. The summed E-state index contributed by atoms with van der Waals surface area (Å²) in [6, 6.07) is 5.05. The summed E-state index contributed by atoms with van der Waals surface area (Å²) in [5.41, 5.74) is 0.286. The van der Waals surface area contributed by atoms with Gasteiger partial charge in [-0.1, -0.05) is 25.3 Å². The van der Waals surface area contributed by atoms with Crippen molar-refractivity contribution in [2.24, 2.45) is 4.99 Å². The molecule has 0 unspecified atom stereocenters. The number of piperidine rings is 1. The molecule has 7 heteroatoms. The van der Waals surface area contributed by atoms with Crippen LogP contribution in [0.4, 0.5) is 0 Å². The minimum Gasteiger partial charge on any atom is -0.385 e. The van der Waals surface area contributed by atoms with Crippen LogP contribution in [0.15, 0.2) is 22.5 Å². The van der Waals surface area contributed by atoms with Gasteiger partial charge in [0.05, 0.1) is 0 Å². The van der Waals surface area contributed by atoms with E-state index in [0.717, 1.165) is 45.2 Å². The molecule has 1 aliphatic carbocycles. The van der Waals surface area contributed by atoms with Crippen LogP contribution in [0.1, 0.15) is 56.2 Å². The molecule has 0 radical (unpaired) electrons. The summed E-state index contributed by atoms with van der Waals surface area (Å²) < 4.78 is 5.17. The maximum atomic E-state index is 5.17. The third-order valence-electron chi connectivity index (χ3n) is 6.42. The summed E-state index contributed by atoms with van der Waals surface area (Å²) in [5, 5.41) is 9.59. The normalized spacial score (nSPS) is 20.8. The highest BCUT2D eigenvalue weighted by Crippen LogP contribution is 2.41. The maximum Gasteiger partial charge on any atom is 0.191 e. The average molecular weight is 535 g/mol. The number of guanidine groups is 1. The van der Waals surface area contributed by atoms with Gasteiger partial charge in [-0.15, -0.1) is 35.3 Å². The molecule has 5 nitrogen and oxygen atoms in total. The van der Waals surface area contributed by atoms with Gasteiger partial charge in [0.1, 0.15) is 0 Å². The van der Waals surface area contributed by atoms with E-state index in [2.05, 4.69) is 38.0 Å². The standard InChI is InChI=1S/C22H38N4OS.HI/c1-23-21(25-19-9-14-26(15-10-19)13-7-16-27-2)24-18-22(11-4-3-5-12-22)20-8-6-17-28-20;/h6,8,17,19H,3-5,7,9-16,18H2,1-2H3,(H2,23,24,25);1H. The van der Waals surface area contributed by atoms with Crippen molar-refractivity contribution in [3.63, 3.8) is 0 Å². The Morgan fingerprint density at radius 2 is 2.03 bits per heavy atom. The predicted molar refractivity (Wildman–Crippen MR) is 135 cm³/mol. The number of hydrogen-bond acceptors (Lipinski definition) is 4. The molecule has 2 N–H and O–H groups in total. The molecular formula is C22H39IN4OS. The van der Waals surface area contributed by atoms with Crippen LogP contribution in [-0.4, -0.2) is 63.8 Å². The van der Waals surface area contributed by atoms with Gasteiger partial charge >= 0.3 is 0 Å².